The summed E-state index contributed by atoms with van der Waals surface area (Å²) in [5.74, 6) is 1.48. The molecule has 0 saturated carbocycles. The summed E-state index contributed by atoms with van der Waals surface area (Å²) in [7, 11) is 3.07. The number of thioether (sulfide) groups is 1. The molecule has 1 atom stereocenters. The smallest absolute Gasteiger partial charge is 0.255 e. The van der Waals surface area contributed by atoms with Gasteiger partial charge in [-0.1, -0.05) is 26.3 Å². The van der Waals surface area contributed by atoms with Gasteiger partial charge in [-0.2, -0.15) is 0 Å². The highest BCUT2D eigenvalue weighted by atomic mass is 32.2. The van der Waals surface area contributed by atoms with Crippen molar-refractivity contribution in [2.24, 2.45) is 0 Å². The molecule has 0 heterocycles. The fourth-order valence-corrected chi connectivity index (χ4v) is 4.52. The minimum Gasteiger partial charge on any atom is -0.494 e. The van der Waals surface area contributed by atoms with E-state index in [1.54, 1.807) is 25.3 Å². The average Bonchev–Trinajstić information content (AvgIpc) is 2.92. The summed E-state index contributed by atoms with van der Waals surface area (Å²) in [6.45, 7) is 4.78. The molecule has 0 aliphatic heterocycles. The quantitative estimate of drug-likeness (QED) is 0.193. The van der Waals surface area contributed by atoms with Gasteiger partial charge >= 0.3 is 0 Å². The molecule has 0 aliphatic carbocycles. The lowest BCUT2D eigenvalue weighted by molar-refractivity contribution is -0.115. The predicted molar refractivity (Wildman–Crippen MR) is 149 cm³/mol. The van der Waals surface area contributed by atoms with Crippen molar-refractivity contribution in [1.82, 2.24) is 0 Å². The van der Waals surface area contributed by atoms with Crippen molar-refractivity contribution < 1.29 is 23.8 Å². The molecule has 3 rings (SSSR count). The number of hydrogen-bond donors (Lipinski definition) is 2. The van der Waals surface area contributed by atoms with Crippen molar-refractivity contribution in [2.75, 3.05) is 31.5 Å². The van der Waals surface area contributed by atoms with Gasteiger partial charge < -0.3 is 24.8 Å². The van der Waals surface area contributed by atoms with Crippen molar-refractivity contribution in [3.8, 4) is 17.2 Å². The number of nitrogens with one attached hydrogen (secondary N) is 2. The Labute approximate surface area is 222 Å². The number of amides is 2. The first-order chi connectivity index (χ1) is 18.0. The van der Waals surface area contributed by atoms with E-state index in [1.165, 1.54) is 18.9 Å². The Morgan fingerprint density at radius 2 is 1.62 bits per heavy atom. The number of benzene rings is 3. The van der Waals surface area contributed by atoms with Crippen LogP contribution in [0.2, 0.25) is 0 Å². The molecule has 8 heteroatoms. The van der Waals surface area contributed by atoms with Gasteiger partial charge in [-0.3, -0.25) is 9.59 Å². The molecule has 2 amide bonds. The van der Waals surface area contributed by atoms with Gasteiger partial charge in [0.1, 0.15) is 5.75 Å². The molecule has 1 unspecified atom stereocenters. The molecule has 0 aliphatic rings. The molecule has 7 nitrogen and oxygen atoms in total. The third-order valence-electron chi connectivity index (χ3n) is 5.57. The molecule has 0 spiro atoms. The Balaban J connectivity index is 1.61. The number of methoxy groups -OCH3 is 2. The summed E-state index contributed by atoms with van der Waals surface area (Å²) in [4.78, 5) is 26.6. The third kappa shape index (κ3) is 8.18. The van der Waals surface area contributed by atoms with E-state index in [9.17, 15) is 9.59 Å². The summed E-state index contributed by atoms with van der Waals surface area (Å²) in [6.07, 6.45) is 2.74. The van der Waals surface area contributed by atoms with Crippen molar-refractivity contribution in [3.63, 3.8) is 0 Å². The first kappa shape index (κ1) is 27.9. The van der Waals surface area contributed by atoms with Crippen molar-refractivity contribution in [1.29, 1.82) is 0 Å². The van der Waals surface area contributed by atoms with Crippen LogP contribution in [-0.4, -0.2) is 37.9 Å². The first-order valence-electron chi connectivity index (χ1n) is 12.3. The summed E-state index contributed by atoms with van der Waals surface area (Å²) in [5, 5.41) is 5.60. The van der Waals surface area contributed by atoms with Gasteiger partial charge in [0.15, 0.2) is 11.5 Å². The Kier molecular flexibility index (Phi) is 10.7. The minimum atomic E-state index is -0.294. The standard InChI is InChI=1S/C29H34N2O5S/c1-5-7-17-36-23-14-12-21(13-15-23)30-29(33)27(6-2)37-24-10-8-9-22(19-24)31-28(32)20-11-16-25(34-3)26(18-20)35-4/h8-16,18-19,27H,5-7,17H2,1-4H3,(H,30,33)(H,31,32). The van der Waals surface area contributed by atoms with Gasteiger partial charge in [0, 0.05) is 21.8 Å². The largest absolute Gasteiger partial charge is 0.494 e. The fourth-order valence-electron chi connectivity index (χ4n) is 3.51. The lowest BCUT2D eigenvalue weighted by Crippen LogP contribution is -2.24. The highest BCUT2D eigenvalue weighted by Gasteiger charge is 2.19. The van der Waals surface area contributed by atoms with Crippen molar-refractivity contribution >= 4 is 35.0 Å². The molecule has 0 saturated heterocycles. The Bertz CT molecular complexity index is 1180. The van der Waals surface area contributed by atoms with E-state index >= 15 is 0 Å². The number of carbonyl (C=O) groups is 2. The van der Waals surface area contributed by atoms with Crippen LogP contribution in [0.4, 0.5) is 11.4 Å². The first-order valence-corrected chi connectivity index (χ1v) is 13.2. The van der Waals surface area contributed by atoms with E-state index in [2.05, 4.69) is 17.6 Å². The molecule has 2 N–H and O–H groups in total. The zero-order valence-corrected chi connectivity index (χ0v) is 22.5. The van der Waals surface area contributed by atoms with Gasteiger partial charge in [-0.15, -0.1) is 11.8 Å². The van der Waals surface area contributed by atoms with E-state index in [0.717, 1.165) is 29.2 Å². The minimum absolute atomic E-state index is 0.0769. The zero-order valence-electron chi connectivity index (χ0n) is 21.7. The van der Waals surface area contributed by atoms with Gasteiger partial charge in [-0.05, 0) is 73.5 Å². The van der Waals surface area contributed by atoms with Crippen LogP contribution in [0.5, 0.6) is 17.2 Å². The fraction of sp³-hybridized carbons (Fsp3) is 0.310. The van der Waals surface area contributed by atoms with Gasteiger partial charge in [0.05, 0.1) is 26.1 Å². The maximum atomic E-state index is 12.9. The molecule has 37 heavy (non-hydrogen) atoms. The molecule has 0 radical (unpaired) electrons. The second kappa shape index (κ2) is 14.2. The molecular formula is C29H34N2O5S. The summed E-state index contributed by atoms with van der Waals surface area (Å²) in [6, 6.07) is 19.9. The number of hydrogen-bond acceptors (Lipinski definition) is 6. The molecule has 3 aromatic rings. The molecule has 196 valence electrons. The maximum Gasteiger partial charge on any atom is 0.255 e. The number of anilines is 2. The predicted octanol–water partition coefficient (Wildman–Crippen LogP) is 6.64. The summed E-state index contributed by atoms with van der Waals surface area (Å²) < 4.78 is 16.2. The molecular weight excluding hydrogens is 488 g/mol. The van der Waals surface area contributed by atoms with Gasteiger partial charge in [0.2, 0.25) is 5.91 Å². The molecule has 0 fully saturated rings. The molecule has 0 aromatic heterocycles. The van der Waals surface area contributed by atoms with Gasteiger partial charge in [-0.25, -0.2) is 0 Å². The topological polar surface area (TPSA) is 85.9 Å². The van der Waals surface area contributed by atoms with Crippen LogP contribution >= 0.6 is 11.8 Å². The number of ether oxygens (including phenoxy) is 3. The Morgan fingerprint density at radius 1 is 0.865 bits per heavy atom. The van der Waals surface area contributed by atoms with Crippen molar-refractivity contribution in [2.45, 2.75) is 43.3 Å². The summed E-state index contributed by atoms with van der Waals surface area (Å²) in [5.41, 5.74) is 1.81. The van der Waals surface area contributed by atoms with Crippen molar-refractivity contribution in [3.05, 3.63) is 72.3 Å². The normalized spacial score (nSPS) is 11.4. The Hall–Kier alpha value is -3.65. The SMILES string of the molecule is CCCCOc1ccc(NC(=O)C(CC)Sc2cccc(NC(=O)c3ccc(OC)c(OC)c3)c2)cc1. The monoisotopic (exact) mass is 522 g/mol. The van der Waals surface area contributed by atoms with E-state index in [-0.39, 0.29) is 17.1 Å². The van der Waals surface area contributed by atoms with E-state index in [4.69, 9.17) is 14.2 Å². The average molecular weight is 523 g/mol. The third-order valence-corrected chi connectivity index (χ3v) is 6.93. The zero-order chi connectivity index (χ0) is 26.6. The maximum absolute atomic E-state index is 12.9. The molecule has 3 aromatic carbocycles. The lowest BCUT2D eigenvalue weighted by Gasteiger charge is -2.16. The van der Waals surface area contributed by atoms with Crippen LogP contribution < -0.4 is 24.8 Å². The summed E-state index contributed by atoms with van der Waals surface area (Å²) >= 11 is 1.46. The van der Waals surface area contributed by atoms with Crippen LogP contribution in [-0.2, 0) is 4.79 Å². The second-order valence-electron chi connectivity index (χ2n) is 8.28. The highest BCUT2D eigenvalue weighted by Crippen LogP contribution is 2.30. The van der Waals surface area contributed by atoms with Crippen LogP contribution in [0.15, 0.2) is 71.6 Å². The second-order valence-corrected chi connectivity index (χ2v) is 9.56. The van der Waals surface area contributed by atoms with Gasteiger partial charge in [0.25, 0.3) is 5.91 Å². The lowest BCUT2D eigenvalue weighted by atomic mass is 10.2. The van der Waals surface area contributed by atoms with E-state index in [0.29, 0.717) is 35.8 Å². The van der Waals surface area contributed by atoms with Crippen LogP contribution in [0.25, 0.3) is 0 Å². The molecule has 0 bridgehead atoms. The Morgan fingerprint density at radius 3 is 2.30 bits per heavy atom. The number of carbonyl (C=O) groups excluding carboxylic acids is 2. The highest BCUT2D eigenvalue weighted by molar-refractivity contribution is 8.00. The van der Waals surface area contributed by atoms with E-state index in [1.807, 2.05) is 55.5 Å². The van der Waals surface area contributed by atoms with Crippen LogP contribution in [0.3, 0.4) is 0 Å². The number of rotatable bonds is 13. The van der Waals surface area contributed by atoms with Crippen LogP contribution in [0, 0.1) is 0 Å². The number of unbranched alkanes of at least 4 members (excludes halogenated alkanes) is 1. The van der Waals surface area contributed by atoms with Crippen LogP contribution in [0.1, 0.15) is 43.5 Å². The van der Waals surface area contributed by atoms with E-state index < -0.39 is 0 Å².